The summed E-state index contributed by atoms with van der Waals surface area (Å²) >= 11 is -0.229. The van der Waals surface area contributed by atoms with Crippen LogP contribution < -0.4 is 35.0 Å². The minimum absolute atomic E-state index is 0.0262. The quantitative estimate of drug-likeness (QED) is 0.223. The van der Waals surface area contributed by atoms with Crippen LogP contribution in [0.25, 0.3) is 0 Å². The van der Waals surface area contributed by atoms with Crippen LogP contribution in [0.3, 0.4) is 0 Å². The molecule has 6 rings (SSSR count). The molecule has 1 fully saturated rings. The van der Waals surface area contributed by atoms with Crippen LogP contribution >= 0.6 is 0 Å². The van der Waals surface area contributed by atoms with E-state index < -0.39 is 20.2 Å². The van der Waals surface area contributed by atoms with Gasteiger partial charge in [-0.25, -0.2) is 0 Å². The van der Waals surface area contributed by atoms with Crippen LogP contribution in [-0.4, -0.2) is 60.5 Å². The van der Waals surface area contributed by atoms with Gasteiger partial charge in [0.25, 0.3) is 0 Å². The van der Waals surface area contributed by atoms with Crippen molar-refractivity contribution in [1.82, 2.24) is 9.55 Å². The SMILES string of the molecule is CC(C)(C)[Si](OC[C@@H]1C[C@@H]([Se]c2ccccc2)[C@H](n2cc([Se]c3ccccc3)c(=O)[nH]c2=O)O1)(c1ccccc1)c1ccccc1. The summed E-state index contributed by atoms with van der Waals surface area (Å²) < 4.78 is 18.6. The summed E-state index contributed by atoms with van der Waals surface area (Å²) in [6, 6.07) is 41.6. The third-order valence-electron chi connectivity index (χ3n) is 8.26. The molecule has 1 aliphatic heterocycles. The van der Waals surface area contributed by atoms with Crippen molar-refractivity contribution >= 4 is 62.0 Å². The predicted octanol–water partition coefficient (Wildman–Crippen LogP) is 2.87. The number of hydrogen-bond donors (Lipinski definition) is 1. The average molecular weight is 761 g/mol. The number of aromatic nitrogens is 2. The molecule has 1 aliphatic rings. The minimum atomic E-state index is -2.77. The Balaban J connectivity index is 1.34. The molecule has 0 bridgehead atoms. The van der Waals surface area contributed by atoms with Crippen molar-refractivity contribution in [3.8, 4) is 0 Å². The molecular formula is C37H38N2O4Se2Si. The number of nitrogens with zero attached hydrogens (tertiary/aromatic N) is 1. The molecule has 1 aromatic heterocycles. The van der Waals surface area contributed by atoms with Gasteiger partial charge in [-0.15, -0.1) is 0 Å². The summed E-state index contributed by atoms with van der Waals surface area (Å²) in [4.78, 5) is 29.0. The Morgan fingerprint density at radius 2 is 1.33 bits per heavy atom. The molecule has 9 heteroatoms. The Bertz CT molecular complexity index is 1810. The van der Waals surface area contributed by atoms with Gasteiger partial charge in [-0.05, 0) is 0 Å². The van der Waals surface area contributed by atoms with Gasteiger partial charge in [0.1, 0.15) is 0 Å². The summed E-state index contributed by atoms with van der Waals surface area (Å²) in [6.07, 6.45) is 1.76. The van der Waals surface area contributed by atoms with E-state index in [9.17, 15) is 9.59 Å². The van der Waals surface area contributed by atoms with Gasteiger partial charge in [0, 0.05) is 0 Å². The second-order valence-electron chi connectivity index (χ2n) is 12.4. The van der Waals surface area contributed by atoms with Gasteiger partial charge < -0.3 is 0 Å². The van der Waals surface area contributed by atoms with E-state index in [0.717, 1.165) is 10.9 Å². The van der Waals surface area contributed by atoms with Crippen LogP contribution in [0.15, 0.2) is 137 Å². The Morgan fingerprint density at radius 3 is 1.87 bits per heavy atom. The van der Waals surface area contributed by atoms with Crippen molar-refractivity contribution in [3.63, 3.8) is 0 Å². The van der Waals surface area contributed by atoms with E-state index in [1.165, 1.54) is 14.8 Å². The first-order valence-electron chi connectivity index (χ1n) is 15.5. The van der Waals surface area contributed by atoms with Crippen LogP contribution in [0, 0.1) is 0 Å². The first-order chi connectivity index (χ1) is 22.2. The molecule has 0 amide bonds. The van der Waals surface area contributed by atoms with Gasteiger partial charge in [0.15, 0.2) is 0 Å². The number of ether oxygens (including phenoxy) is 1. The molecule has 3 atom stereocenters. The fourth-order valence-electron chi connectivity index (χ4n) is 6.17. The molecular weight excluding hydrogens is 722 g/mol. The zero-order chi connectivity index (χ0) is 32.1. The van der Waals surface area contributed by atoms with Crippen LogP contribution in [0.4, 0.5) is 0 Å². The fourth-order valence-corrected chi connectivity index (χ4v) is 15.3. The van der Waals surface area contributed by atoms with Gasteiger partial charge in [-0.1, -0.05) is 0 Å². The molecule has 46 heavy (non-hydrogen) atoms. The molecule has 0 saturated carbocycles. The van der Waals surface area contributed by atoms with E-state index in [-0.39, 0.29) is 51.4 Å². The van der Waals surface area contributed by atoms with Gasteiger partial charge in [0.05, 0.1) is 0 Å². The Hall–Kier alpha value is -3.26. The number of H-pyrrole nitrogens is 1. The van der Waals surface area contributed by atoms with Crippen molar-refractivity contribution in [3.05, 3.63) is 148 Å². The maximum absolute atomic E-state index is 13.4. The van der Waals surface area contributed by atoms with Gasteiger partial charge in [0.2, 0.25) is 0 Å². The summed E-state index contributed by atoms with van der Waals surface area (Å²) in [7, 11) is -2.77. The molecule has 0 unspecified atom stereocenters. The van der Waals surface area contributed by atoms with Crippen molar-refractivity contribution in [2.75, 3.05) is 6.61 Å². The molecule has 6 nitrogen and oxygen atoms in total. The third kappa shape index (κ3) is 7.02. The van der Waals surface area contributed by atoms with Crippen molar-refractivity contribution in [2.45, 2.75) is 49.4 Å². The predicted molar refractivity (Wildman–Crippen MR) is 190 cm³/mol. The van der Waals surface area contributed by atoms with E-state index >= 15 is 0 Å². The second kappa shape index (κ2) is 14.2. The zero-order valence-corrected chi connectivity index (χ0v) is 30.6. The van der Waals surface area contributed by atoms with Crippen LogP contribution in [-0.2, 0) is 9.16 Å². The number of hydrogen-bond acceptors (Lipinski definition) is 4. The first-order valence-corrected chi connectivity index (χ1v) is 20.9. The van der Waals surface area contributed by atoms with Crippen molar-refractivity contribution < 1.29 is 9.16 Å². The summed E-state index contributed by atoms with van der Waals surface area (Å²) in [5, 5.41) is 2.28. The molecule has 5 aromatic rings. The van der Waals surface area contributed by atoms with Crippen molar-refractivity contribution in [2.24, 2.45) is 0 Å². The standard InChI is InChI=1S/C37H38N2O4Se2Si/c1-37(2,3)46(30-20-12-6-13-21-30,31-22-14-7-15-23-31)42-26-27-24-32(44-28-16-8-4-9-17-28)35(43-27)39-25-33(34(40)38-36(39)41)45-29-18-10-5-11-19-29/h4-23,25,27,32,35H,24,26H2,1-3H3,(H,38,40,41)/t27-,32+,35+/m0/s1. The Kier molecular flexibility index (Phi) is 10.1. The van der Waals surface area contributed by atoms with E-state index in [2.05, 4.69) is 98.6 Å². The summed E-state index contributed by atoms with van der Waals surface area (Å²) in [5.74, 6) is 0. The normalized spacial score (nSPS) is 18.5. The summed E-state index contributed by atoms with van der Waals surface area (Å²) in [6.45, 7) is 7.22. The number of rotatable bonds is 10. The Morgan fingerprint density at radius 1 is 0.804 bits per heavy atom. The molecule has 2 heterocycles. The molecule has 0 radical (unpaired) electrons. The molecule has 0 aliphatic carbocycles. The van der Waals surface area contributed by atoms with E-state index in [4.69, 9.17) is 9.16 Å². The van der Waals surface area contributed by atoms with Crippen LogP contribution in [0.5, 0.6) is 0 Å². The monoisotopic (exact) mass is 762 g/mol. The number of benzene rings is 4. The topological polar surface area (TPSA) is 73.3 Å². The van der Waals surface area contributed by atoms with E-state index in [1.54, 1.807) is 10.8 Å². The number of aromatic amines is 1. The van der Waals surface area contributed by atoms with Crippen LogP contribution in [0.2, 0.25) is 9.85 Å². The summed E-state index contributed by atoms with van der Waals surface area (Å²) in [5.41, 5.74) is -0.773. The van der Waals surface area contributed by atoms with E-state index in [0.29, 0.717) is 11.1 Å². The Labute approximate surface area is 283 Å². The van der Waals surface area contributed by atoms with Gasteiger partial charge in [-0.3, -0.25) is 0 Å². The third-order valence-corrected chi connectivity index (χ3v) is 18.1. The average Bonchev–Trinajstić information content (AvgIpc) is 3.46. The fraction of sp³-hybridized carbons (Fsp3) is 0.243. The maximum atomic E-state index is 13.4. The molecule has 236 valence electrons. The second-order valence-corrected chi connectivity index (χ2v) is 21.8. The number of nitrogens with one attached hydrogen (secondary N) is 1. The van der Waals surface area contributed by atoms with Crippen molar-refractivity contribution in [1.29, 1.82) is 0 Å². The molecule has 1 N–H and O–H groups in total. The van der Waals surface area contributed by atoms with Gasteiger partial charge in [-0.2, -0.15) is 0 Å². The molecule has 4 aromatic carbocycles. The van der Waals surface area contributed by atoms with Crippen LogP contribution in [0.1, 0.15) is 33.4 Å². The van der Waals surface area contributed by atoms with E-state index in [1.807, 2.05) is 48.5 Å². The molecule has 0 spiro atoms. The van der Waals surface area contributed by atoms with Gasteiger partial charge >= 0.3 is 285 Å². The zero-order valence-electron chi connectivity index (χ0n) is 26.2. The molecule has 1 saturated heterocycles. The first kappa shape index (κ1) is 32.7.